The van der Waals surface area contributed by atoms with Gasteiger partial charge in [0.2, 0.25) is 5.91 Å². The highest BCUT2D eigenvalue weighted by Gasteiger charge is 2.11. The molecule has 0 fully saturated rings. The first-order valence-electron chi connectivity index (χ1n) is 7.04. The van der Waals surface area contributed by atoms with Crippen LogP contribution >= 0.6 is 11.8 Å². The zero-order valence-corrected chi connectivity index (χ0v) is 13.0. The standard InChI is InChI=1S/C16H14N4O2S/c21-14(9-11-23-12-6-2-1-3-7-12)18-16-20-19-15(22-16)13-8-4-5-10-17-13/h1-8,10H,9,11H2,(H,18,20,21). The minimum Gasteiger partial charge on any atom is -0.401 e. The van der Waals surface area contributed by atoms with Gasteiger partial charge in [-0.15, -0.1) is 16.9 Å². The minimum absolute atomic E-state index is 0.0837. The van der Waals surface area contributed by atoms with Crippen molar-refractivity contribution in [3.8, 4) is 11.6 Å². The molecule has 7 heteroatoms. The van der Waals surface area contributed by atoms with E-state index in [4.69, 9.17) is 4.42 Å². The summed E-state index contributed by atoms with van der Waals surface area (Å²) in [6, 6.07) is 15.4. The molecule has 0 spiro atoms. The van der Waals surface area contributed by atoms with Crippen molar-refractivity contribution in [2.75, 3.05) is 11.1 Å². The summed E-state index contributed by atoms with van der Waals surface area (Å²) in [6.45, 7) is 0. The van der Waals surface area contributed by atoms with Crippen LogP contribution in [-0.4, -0.2) is 26.8 Å². The van der Waals surface area contributed by atoms with Crippen molar-refractivity contribution in [2.45, 2.75) is 11.3 Å². The Morgan fingerprint density at radius 1 is 1.09 bits per heavy atom. The summed E-state index contributed by atoms with van der Waals surface area (Å²) in [5, 5.41) is 10.3. The van der Waals surface area contributed by atoms with Crippen LogP contribution in [-0.2, 0) is 4.79 Å². The Hall–Kier alpha value is -2.67. The average molecular weight is 326 g/mol. The summed E-state index contributed by atoms with van der Waals surface area (Å²) < 4.78 is 5.38. The van der Waals surface area contributed by atoms with Crippen molar-refractivity contribution in [1.29, 1.82) is 0 Å². The average Bonchev–Trinajstić information content (AvgIpc) is 3.05. The fraction of sp³-hybridized carbons (Fsp3) is 0.125. The maximum atomic E-state index is 11.9. The lowest BCUT2D eigenvalue weighted by Crippen LogP contribution is -2.12. The van der Waals surface area contributed by atoms with Gasteiger partial charge in [-0.05, 0) is 24.3 Å². The van der Waals surface area contributed by atoms with E-state index >= 15 is 0 Å². The van der Waals surface area contributed by atoms with Gasteiger partial charge >= 0.3 is 6.01 Å². The molecule has 0 radical (unpaired) electrons. The highest BCUT2D eigenvalue weighted by Crippen LogP contribution is 2.19. The molecule has 23 heavy (non-hydrogen) atoms. The lowest BCUT2D eigenvalue weighted by Gasteiger charge is -2.01. The highest BCUT2D eigenvalue weighted by atomic mass is 32.2. The number of rotatable bonds is 6. The Bertz CT molecular complexity index is 762. The van der Waals surface area contributed by atoms with Crippen molar-refractivity contribution in [2.24, 2.45) is 0 Å². The number of hydrogen-bond donors (Lipinski definition) is 1. The molecule has 0 aliphatic rings. The van der Waals surface area contributed by atoms with Crippen LogP contribution in [0.4, 0.5) is 6.01 Å². The minimum atomic E-state index is -0.162. The number of nitrogens with one attached hydrogen (secondary N) is 1. The van der Waals surface area contributed by atoms with Crippen molar-refractivity contribution in [3.63, 3.8) is 0 Å². The van der Waals surface area contributed by atoms with E-state index in [9.17, 15) is 4.79 Å². The number of benzene rings is 1. The first kappa shape index (κ1) is 15.2. The Morgan fingerprint density at radius 3 is 2.70 bits per heavy atom. The molecule has 0 atom stereocenters. The molecular weight excluding hydrogens is 312 g/mol. The fourth-order valence-electron chi connectivity index (χ4n) is 1.83. The Balaban J connectivity index is 1.49. The summed E-state index contributed by atoms with van der Waals surface area (Å²) in [4.78, 5) is 17.1. The van der Waals surface area contributed by atoms with Gasteiger partial charge < -0.3 is 4.42 Å². The molecule has 0 aliphatic heterocycles. The predicted molar refractivity (Wildman–Crippen MR) is 87.9 cm³/mol. The van der Waals surface area contributed by atoms with Gasteiger partial charge in [-0.3, -0.25) is 15.1 Å². The molecule has 0 saturated carbocycles. The van der Waals surface area contributed by atoms with E-state index in [0.29, 0.717) is 17.9 Å². The number of thioether (sulfide) groups is 1. The van der Waals surface area contributed by atoms with Crippen molar-refractivity contribution in [1.82, 2.24) is 15.2 Å². The van der Waals surface area contributed by atoms with Gasteiger partial charge in [0.05, 0.1) is 0 Å². The molecular formula is C16H14N4O2S. The molecule has 2 aromatic heterocycles. The molecule has 0 saturated heterocycles. The van der Waals surface area contributed by atoms with Crippen LogP contribution in [0.15, 0.2) is 64.0 Å². The normalized spacial score (nSPS) is 10.4. The van der Waals surface area contributed by atoms with Gasteiger partial charge in [0, 0.05) is 23.3 Å². The van der Waals surface area contributed by atoms with Gasteiger partial charge in [-0.1, -0.05) is 29.4 Å². The van der Waals surface area contributed by atoms with Crippen LogP contribution in [0.3, 0.4) is 0 Å². The number of aromatic nitrogens is 3. The third-order valence-corrected chi connectivity index (χ3v) is 3.91. The third-order valence-electron chi connectivity index (χ3n) is 2.90. The summed E-state index contributed by atoms with van der Waals surface area (Å²) in [7, 11) is 0. The van der Waals surface area contributed by atoms with E-state index in [0.717, 1.165) is 4.90 Å². The van der Waals surface area contributed by atoms with Crippen LogP contribution in [0.25, 0.3) is 11.6 Å². The van der Waals surface area contributed by atoms with Gasteiger partial charge in [0.15, 0.2) is 0 Å². The predicted octanol–water partition coefficient (Wildman–Crippen LogP) is 3.25. The SMILES string of the molecule is O=C(CCSc1ccccc1)Nc1nnc(-c2ccccn2)o1. The first-order valence-corrected chi connectivity index (χ1v) is 8.02. The number of anilines is 1. The fourth-order valence-corrected chi connectivity index (χ4v) is 2.70. The maximum absolute atomic E-state index is 11.9. The van der Waals surface area contributed by atoms with Gasteiger partial charge in [0.1, 0.15) is 5.69 Å². The number of hydrogen-bond acceptors (Lipinski definition) is 6. The Labute approximate surface area is 137 Å². The second-order valence-electron chi connectivity index (χ2n) is 4.59. The highest BCUT2D eigenvalue weighted by molar-refractivity contribution is 7.99. The maximum Gasteiger partial charge on any atom is 0.322 e. The largest absolute Gasteiger partial charge is 0.401 e. The van der Waals surface area contributed by atoms with Gasteiger partial charge in [-0.2, -0.15) is 0 Å². The second kappa shape index (κ2) is 7.55. The van der Waals surface area contributed by atoms with Crippen molar-refractivity contribution >= 4 is 23.7 Å². The molecule has 3 rings (SSSR count). The molecule has 1 amide bonds. The van der Waals surface area contributed by atoms with E-state index < -0.39 is 0 Å². The zero-order valence-electron chi connectivity index (χ0n) is 12.2. The molecule has 116 valence electrons. The lowest BCUT2D eigenvalue weighted by atomic mass is 10.3. The molecule has 3 aromatic rings. The second-order valence-corrected chi connectivity index (χ2v) is 5.76. The van der Waals surface area contributed by atoms with Crippen LogP contribution in [0.1, 0.15) is 6.42 Å². The molecule has 1 aromatic carbocycles. The third kappa shape index (κ3) is 4.40. The van der Waals surface area contributed by atoms with Gasteiger partial charge in [0.25, 0.3) is 5.89 Å². The Kier molecular flexibility index (Phi) is 5.00. The quantitative estimate of drug-likeness (QED) is 0.700. The smallest absolute Gasteiger partial charge is 0.322 e. The molecule has 0 bridgehead atoms. The van der Waals surface area contributed by atoms with E-state index in [1.807, 2.05) is 36.4 Å². The molecule has 0 unspecified atom stereocenters. The summed E-state index contributed by atoms with van der Waals surface area (Å²) >= 11 is 1.62. The molecule has 6 nitrogen and oxygen atoms in total. The van der Waals surface area contributed by atoms with E-state index in [2.05, 4.69) is 20.5 Å². The molecule has 0 aliphatic carbocycles. The number of pyridine rings is 1. The van der Waals surface area contributed by atoms with E-state index in [1.165, 1.54) is 0 Å². The summed E-state index contributed by atoms with van der Waals surface area (Å²) in [5.74, 6) is 0.793. The van der Waals surface area contributed by atoms with E-state index in [-0.39, 0.29) is 17.8 Å². The number of carbonyl (C=O) groups is 1. The van der Waals surface area contributed by atoms with E-state index in [1.54, 1.807) is 30.1 Å². The summed E-state index contributed by atoms with van der Waals surface area (Å²) in [5.41, 5.74) is 0.570. The first-order chi connectivity index (χ1) is 11.3. The lowest BCUT2D eigenvalue weighted by molar-refractivity contribution is -0.115. The van der Waals surface area contributed by atoms with Gasteiger partial charge in [-0.25, -0.2) is 0 Å². The molecule has 2 heterocycles. The zero-order chi connectivity index (χ0) is 15.9. The van der Waals surface area contributed by atoms with Crippen LogP contribution < -0.4 is 5.32 Å². The summed E-state index contributed by atoms with van der Waals surface area (Å²) in [6.07, 6.45) is 2.00. The topological polar surface area (TPSA) is 80.9 Å². The molecule has 1 N–H and O–H groups in total. The Morgan fingerprint density at radius 2 is 1.91 bits per heavy atom. The van der Waals surface area contributed by atoms with Crippen LogP contribution in [0, 0.1) is 0 Å². The number of nitrogens with zero attached hydrogens (tertiary/aromatic N) is 3. The number of amides is 1. The van der Waals surface area contributed by atoms with Crippen molar-refractivity contribution < 1.29 is 9.21 Å². The van der Waals surface area contributed by atoms with Crippen LogP contribution in [0.2, 0.25) is 0 Å². The van der Waals surface area contributed by atoms with Crippen molar-refractivity contribution in [3.05, 3.63) is 54.7 Å². The van der Waals surface area contributed by atoms with Crippen LogP contribution in [0.5, 0.6) is 0 Å². The number of carbonyl (C=O) groups excluding carboxylic acids is 1. The monoisotopic (exact) mass is 326 g/mol.